The number of carboxylic acids is 1. The predicted molar refractivity (Wildman–Crippen MR) is 67.0 cm³/mol. The fraction of sp³-hybridized carbons (Fsp3) is 0.833. The number of nitrogens with zero attached hydrogens (tertiary/aromatic N) is 1. The smallest absolute Gasteiger partial charge is 0.329 e. The molecule has 0 fully saturated rings. The van der Waals surface area contributed by atoms with Crippen molar-refractivity contribution in [1.82, 2.24) is 10.2 Å². The van der Waals surface area contributed by atoms with Crippen LogP contribution < -0.4 is 5.32 Å². The van der Waals surface area contributed by atoms with Crippen LogP contribution >= 0.6 is 0 Å². The third kappa shape index (κ3) is 4.24. The largest absolute Gasteiger partial charge is 0.480 e. The third-order valence-electron chi connectivity index (χ3n) is 3.16. The average Bonchev–Trinajstić information content (AvgIpc) is 2.32. The van der Waals surface area contributed by atoms with Crippen molar-refractivity contribution in [2.24, 2.45) is 0 Å². The van der Waals surface area contributed by atoms with Gasteiger partial charge in [0.05, 0.1) is 0 Å². The van der Waals surface area contributed by atoms with E-state index in [0.717, 1.165) is 12.8 Å². The number of aliphatic carboxylic acids is 1. The second kappa shape index (κ2) is 7.14. The van der Waals surface area contributed by atoms with Crippen LogP contribution in [-0.2, 0) is 4.79 Å². The quantitative estimate of drug-likeness (QED) is 0.720. The summed E-state index contributed by atoms with van der Waals surface area (Å²) in [5, 5.41) is 11.8. The highest BCUT2D eigenvalue weighted by atomic mass is 16.4. The Balaban J connectivity index is 4.56. The zero-order valence-corrected chi connectivity index (χ0v) is 11.2. The first-order valence-electron chi connectivity index (χ1n) is 6.20. The number of nitrogens with one attached hydrogen (secondary N) is 1. The van der Waals surface area contributed by atoms with Gasteiger partial charge in [-0.15, -0.1) is 0 Å². The standard InChI is InChI=1S/C12H24N2O3/c1-5-8-9-14(4)11(17)13-12(6-2,7-3)10(15)16/h5-9H2,1-4H3,(H,13,17)(H,15,16). The zero-order chi connectivity index (χ0) is 13.5. The SMILES string of the molecule is CCCCN(C)C(=O)NC(CC)(CC)C(=O)O. The van der Waals surface area contributed by atoms with Crippen molar-refractivity contribution >= 4 is 12.0 Å². The molecule has 5 heteroatoms. The first-order valence-corrected chi connectivity index (χ1v) is 6.20. The molecular formula is C12H24N2O3. The van der Waals surface area contributed by atoms with Crippen LogP contribution in [0.1, 0.15) is 46.5 Å². The summed E-state index contributed by atoms with van der Waals surface area (Å²) in [5.74, 6) is -0.972. The molecule has 0 saturated carbocycles. The van der Waals surface area contributed by atoms with E-state index in [1.54, 1.807) is 20.9 Å². The molecule has 2 N–H and O–H groups in total. The summed E-state index contributed by atoms with van der Waals surface area (Å²) in [7, 11) is 1.68. The maximum Gasteiger partial charge on any atom is 0.329 e. The molecule has 0 spiro atoms. The van der Waals surface area contributed by atoms with Crippen molar-refractivity contribution in [2.75, 3.05) is 13.6 Å². The molecule has 2 amide bonds. The zero-order valence-electron chi connectivity index (χ0n) is 11.2. The summed E-state index contributed by atoms with van der Waals surface area (Å²) >= 11 is 0. The van der Waals surface area contributed by atoms with Crippen molar-refractivity contribution < 1.29 is 14.7 Å². The van der Waals surface area contributed by atoms with Gasteiger partial charge in [-0.1, -0.05) is 27.2 Å². The van der Waals surface area contributed by atoms with Gasteiger partial charge >= 0.3 is 12.0 Å². The van der Waals surface area contributed by atoms with Gasteiger partial charge in [0.1, 0.15) is 5.54 Å². The molecule has 0 heterocycles. The molecule has 0 aliphatic heterocycles. The van der Waals surface area contributed by atoms with Gasteiger partial charge in [0.15, 0.2) is 0 Å². The number of hydrogen-bond donors (Lipinski definition) is 2. The summed E-state index contributed by atoms with van der Waals surface area (Å²) in [6.07, 6.45) is 2.68. The van der Waals surface area contributed by atoms with E-state index < -0.39 is 11.5 Å². The number of carbonyl (C=O) groups is 2. The van der Waals surface area contributed by atoms with E-state index in [-0.39, 0.29) is 6.03 Å². The third-order valence-corrected chi connectivity index (χ3v) is 3.16. The van der Waals surface area contributed by atoms with Crippen LogP contribution in [0.25, 0.3) is 0 Å². The lowest BCUT2D eigenvalue weighted by Gasteiger charge is -2.30. The van der Waals surface area contributed by atoms with Crippen LogP contribution in [-0.4, -0.2) is 41.1 Å². The highest BCUT2D eigenvalue weighted by Gasteiger charge is 2.36. The minimum Gasteiger partial charge on any atom is -0.480 e. The molecule has 100 valence electrons. The van der Waals surface area contributed by atoms with E-state index in [9.17, 15) is 14.7 Å². The Labute approximate surface area is 103 Å². The number of carbonyl (C=O) groups excluding carboxylic acids is 1. The van der Waals surface area contributed by atoms with E-state index >= 15 is 0 Å². The first-order chi connectivity index (χ1) is 7.93. The predicted octanol–water partition coefficient (Wildman–Crippen LogP) is 2.07. The van der Waals surface area contributed by atoms with Crippen LogP contribution in [0.2, 0.25) is 0 Å². The molecule has 0 unspecified atom stereocenters. The minimum atomic E-state index is -1.14. The van der Waals surface area contributed by atoms with E-state index in [1.165, 1.54) is 4.90 Å². The van der Waals surface area contributed by atoms with Gasteiger partial charge < -0.3 is 15.3 Å². The molecule has 0 aromatic carbocycles. The van der Waals surface area contributed by atoms with Gasteiger partial charge in [-0.05, 0) is 19.3 Å². The lowest BCUT2D eigenvalue weighted by molar-refractivity contribution is -0.144. The molecule has 0 saturated heterocycles. The molecule has 0 aliphatic carbocycles. The average molecular weight is 244 g/mol. The fourth-order valence-electron chi connectivity index (χ4n) is 1.58. The fourth-order valence-corrected chi connectivity index (χ4v) is 1.58. The van der Waals surface area contributed by atoms with Crippen LogP contribution in [0.3, 0.4) is 0 Å². The van der Waals surface area contributed by atoms with Gasteiger partial charge in [-0.2, -0.15) is 0 Å². The summed E-state index contributed by atoms with van der Waals surface area (Å²) in [6, 6.07) is -0.315. The number of rotatable bonds is 7. The molecule has 17 heavy (non-hydrogen) atoms. The molecule has 0 radical (unpaired) electrons. The van der Waals surface area contributed by atoms with Gasteiger partial charge in [-0.25, -0.2) is 9.59 Å². The number of unbranched alkanes of at least 4 members (excludes halogenated alkanes) is 1. The van der Waals surface area contributed by atoms with Crippen molar-refractivity contribution in [3.63, 3.8) is 0 Å². The van der Waals surface area contributed by atoms with E-state index in [4.69, 9.17) is 0 Å². The van der Waals surface area contributed by atoms with Crippen molar-refractivity contribution in [3.05, 3.63) is 0 Å². The molecule has 0 aliphatic rings. The minimum absolute atomic E-state index is 0.315. The van der Waals surface area contributed by atoms with Gasteiger partial charge in [-0.3, -0.25) is 0 Å². The monoisotopic (exact) mass is 244 g/mol. The van der Waals surface area contributed by atoms with E-state index in [1.807, 2.05) is 6.92 Å². The molecule has 0 aromatic heterocycles. The first kappa shape index (κ1) is 15.7. The van der Waals surface area contributed by atoms with Crippen molar-refractivity contribution in [2.45, 2.75) is 52.0 Å². The summed E-state index contributed by atoms with van der Waals surface area (Å²) in [4.78, 5) is 24.6. The Morgan fingerprint density at radius 1 is 1.24 bits per heavy atom. The normalized spacial score (nSPS) is 11.1. The second-order valence-corrected chi connectivity index (χ2v) is 4.30. The summed E-state index contributed by atoms with van der Waals surface area (Å²) in [6.45, 7) is 6.23. The maximum absolute atomic E-state index is 11.8. The molecule has 5 nitrogen and oxygen atoms in total. The van der Waals surface area contributed by atoms with Crippen LogP contribution in [0.5, 0.6) is 0 Å². The Kier molecular flexibility index (Phi) is 6.61. The van der Waals surface area contributed by atoms with E-state index in [2.05, 4.69) is 5.32 Å². The van der Waals surface area contributed by atoms with Crippen LogP contribution in [0.15, 0.2) is 0 Å². The van der Waals surface area contributed by atoms with Crippen molar-refractivity contribution in [3.8, 4) is 0 Å². The molecule has 0 bridgehead atoms. The number of hydrogen-bond acceptors (Lipinski definition) is 2. The lowest BCUT2D eigenvalue weighted by atomic mass is 9.93. The summed E-state index contributed by atoms with van der Waals surface area (Å²) < 4.78 is 0. The Hall–Kier alpha value is -1.26. The topological polar surface area (TPSA) is 69.6 Å². The van der Waals surface area contributed by atoms with Gasteiger partial charge in [0.25, 0.3) is 0 Å². The highest BCUT2D eigenvalue weighted by Crippen LogP contribution is 2.15. The molecule has 0 rings (SSSR count). The second-order valence-electron chi connectivity index (χ2n) is 4.30. The Bertz CT molecular complexity index is 262. The number of urea groups is 1. The van der Waals surface area contributed by atoms with Crippen molar-refractivity contribution in [1.29, 1.82) is 0 Å². The van der Waals surface area contributed by atoms with Gasteiger partial charge in [0.2, 0.25) is 0 Å². The molecular weight excluding hydrogens is 220 g/mol. The van der Waals surface area contributed by atoms with E-state index in [0.29, 0.717) is 19.4 Å². The Morgan fingerprint density at radius 3 is 2.12 bits per heavy atom. The number of amides is 2. The molecule has 0 atom stereocenters. The summed E-state index contributed by atoms with van der Waals surface area (Å²) in [5.41, 5.74) is -1.14. The maximum atomic E-state index is 11.8. The Morgan fingerprint density at radius 2 is 1.76 bits per heavy atom. The molecule has 0 aromatic rings. The highest BCUT2D eigenvalue weighted by molar-refractivity contribution is 5.86. The van der Waals surface area contributed by atoms with Crippen LogP contribution in [0.4, 0.5) is 4.79 Å². The number of carboxylic acid groups (broad SMARTS) is 1. The van der Waals surface area contributed by atoms with Gasteiger partial charge in [0, 0.05) is 13.6 Å². The lowest BCUT2D eigenvalue weighted by Crippen LogP contribution is -2.56. The van der Waals surface area contributed by atoms with Crippen LogP contribution in [0, 0.1) is 0 Å².